The molecule has 0 unspecified atom stereocenters. The fourth-order valence-electron chi connectivity index (χ4n) is 1.57. The lowest BCUT2D eigenvalue weighted by Gasteiger charge is -2.10. The lowest BCUT2D eigenvalue weighted by Crippen LogP contribution is -2.15. The van der Waals surface area contributed by atoms with Crippen molar-refractivity contribution in [3.05, 3.63) is 58.0 Å². The SMILES string of the molecule is Cc1ccc(C#N)cc1NS(=O)(=O)c1ccc(=O)[nH]c1. The Hall–Kier alpha value is -2.59. The Kier molecular flexibility index (Phi) is 3.59. The standard InChI is InChI=1S/C13H11N3O3S/c1-9-2-3-10(7-14)6-12(9)16-20(18,19)11-4-5-13(17)15-8-11/h2-6,8,16H,1H3,(H,15,17). The van der Waals surface area contributed by atoms with Crippen LogP contribution in [0.15, 0.2) is 46.2 Å². The number of benzene rings is 1. The molecule has 0 spiro atoms. The second-order valence-electron chi connectivity index (χ2n) is 4.14. The second kappa shape index (κ2) is 5.19. The van der Waals surface area contributed by atoms with Crippen molar-refractivity contribution >= 4 is 15.7 Å². The van der Waals surface area contributed by atoms with Crippen molar-refractivity contribution in [2.75, 3.05) is 4.72 Å². The lowest BCUT2D eigenvalue weighted by atomic mass is 10.1. The summed E-state index contributed by atoms with van der Waals surface area (Å²) < 4.78 is 26.7. The zero-order valence-electron chi connectivity index (χ0n) is 10.5. The van der Waals surface area contributed by atoms with E-state index in [0.29, 0.717) is 16.8 Å². The zero-order valence-corrected chi connectivity index (χ0v) is 11.4. The number of nitrogens with one attached hydrogen (secondary N) is 2. The summed E-state index contributed by atoms with van der Waals surface area (Å²) in [5.74, 6) is 0. The van der Waals surface area contributed by atoms with E-state index in [1.165, 1.54) is 12.1 Å². The average Bonchev–Trinajstić information content (AvgIpc) is 2.41. The normalized spacial score (nSPS) is 10.8. The molecule has 0 amide bonds. The highest BCUT2D eigenvalue weighted by molar-refractivity contribution is 7.92. The molecule has 2 aromatic rings. The Morgan fingerprint density at radius 1 is 1.25 bits per heavy atom. The van der Waals surface area contributed by atoms with Crippen LogP contribution in [0.2, 0.25) is 0 Å². The summed E-state index contributed by atoms with van der Waals surface area (Å²) >= 11 is 0. The van der Waals surface area contributed by atoms with Crippen LogP contribution in [0, 0.1) is 18.3 Å². The van der Waals surface area contributed by atoms with Crippen molar-refractivity contribution < 1.29 is 8.42 Å². The van der Waals surface area contributed by atoms with Gasteiger partial charge in [-0.2, -0.15) is 5.26 Å². The van der Waals surface area contributed by atoms with Crippen LogP contribution in [0.25, 0.3) is 0 Å². The van der Waals surface area contributed by atoms with E-state index in [1.807, 2.05) is 6.07 Å². The maximum atomic E-state index is 12.1. The minimum atomic E-state index is -3.81. The molecule has 6 nitrogen and oxygen atoms in total. The van der Waals surface area contributed by atoms with Gasteiger partial charge in [0.2, 0.25) is 5.56 Å². The molecular formula is C13H11N3O3S. The van der Waals surface area contributed by atoms with Crippen molar-refractivity contribution in [2.24, 2.45) is 0 Å². The molecule has 0 aliphatic rings. The summed E-state index contributed by atoms with van der Waals surface area (Å²) in [7, 11) is -3.81. The average molecular weight is 289 g/mol. The summed E-state index contributed by atoms with van der Waals surface area (Å²) in [6.07, 6.45) is 1.12. The van der Waals surface area contributed by atoms with E-state index in [0.717, 1.165) is 12.3 Å². The first-order chi connectivity index (χ1) is 9.42. The minimum Gasteiger partial charge on any atom is -0.328 e. The molecule has 2 N–H and O–H groups in total. The number of hydrogen-bond acceptors (Lipinski definition) is 4. The van der Waals surface area contributed by atoms with E-state index in [2.05, 4.69) is 9.71 Å². The number of H-pyrrole nitrogens is 1. The van der Waals surface area contributed by atoms with Crippen LogP contribution in [-0.4, -0.2) is 13.4 Å². The van der Waals surface area contributed by atoms with Crippen molar-refractivity contribution in [3.8, 4) is 6.07 Å². The van der Waals surface area contributed by atoms with Gasteiger partial charge in [0.05, 0.1) is 17.3 Å². The van der Waals surface area contributed by atoms with Gasteiger partial charge in [-0.05, 0) is 30.7 Å². The van der Waals surface area contributed by atoms with Gasteiger partial charge in [0, 0.05) is 12.3 Å². The topological polar surface area (TPSA) is 103 Å². The van der Waals surface area contributed by atoms with Crippen LogP contribution >= 0.6 is 0 Å². The number of rotatable bonds is 3. The monoisotopic (exact) mass is 289 g/mol. The molecule has 0 aliphatic carbocycles. The number of sulfonamides is 1. The molecular weight excluding hydrogens is 278 g/mol. The van der Waals surface area contributed by atoms with Gasteiger partial charge in [-0.1, -0.05) is 6.07 Å². The molecule has 0 aliphatic heterocycles. The quantitative estimate of drug-likeness (QED) is 0.890. The van der Waals surface area contributed by atoms with Gasteiger partial charge in [-0.25, -0.2) is 8.42 Å². The Bertz CT molecular complexity index is 827. The van der Waals surface area contributed by atoms with Gasteiger partial charge in [0.15, 0.2) is 0 Å². The molecule has 7 heteroatoms. The molecule has 102 valence electrons. The Morgan fingerprint density at radius 3 is 2.60 bits per heavy atom. The highest BCUT2D eigenvalue weighted by atomic mass is 32.2. The molecule has 1 heterocycles. The number of aryl methyl sites for hydroxylation is 1. The number of aromatic amines is 1. The number of pyridine rings is 1. The molecule has 20 heavy (non-hydrogen) atoms. The van der Waals surface area contributed by atoms with Crippen molar-refractivity contribution in [1.29, 1.82) is 5.26 Å². The first-order valence-corrected chi connectivity index (χ1v) is 7.13. The second-order valence-corrected chi connectivity index (χ2v) is 5.82. The Balaban J connectivity index is 2.41. The first-order valence-electron chi connectivity index (χ1n) is 5.65. The van der Waals surface area contributed by atoms with Crippen LogP contribution in [-0.2, 0) is 10.0 Å². The van der Waals surface area contributed by atoms with Crippen molar-refractivity contribution in [3.63, 3.8) is 0 Å². The predicted octanol–water partition coefficient (Wildman–Crippen LogP) is 1.36. The van der Waals surface area contributed by atoms with Crippen molar-refractivity contribution in [2.45, 2.75) is 11.8 Å². The summed E-state index contributed by atoms with van der Waals surface area (Å²) in [4.78, 5) is 13.2. The van der Waals surface area contributed by atoms with Gasteiger partial charge in [0.25, 0.3) is 10.0 Å². The van der Waals surface area contributed by atoms with Gasteiger partial charge < -0.3 is 4.98 Å². The molecule has 0 atom stereocenters. The molecule has 2 rings (SSSR count). The van der Waals surface area contributed by atoms with Crippen LogP contribution in [0.1, 0.15) is 11.1 Å². The van der Waals surface area contributed by atoms with Gasteiger partial charge >= 0.3 is 0 Å². The van der Waals surface area contributed by atoms with E-state index in [9.17, 15) is 13.2 Å². The summed E-state index contributed by atoms with van der Waals surface area (Å²) in [6, 6.07) is 9.01. The number of anilines is 1. The van der Waals surface area contributed by atoms with Crippen LogP contribution in [0.4, 0.5) is 5.69 Å². The van der Waals surface area contributed by atoms with E-state index in [1.54, 1.807) is 19.1 Å². The molecule has 0 bridgehead atoms. The molecule has 1 aromatic carbocycles. The smallest absolute Gasteiger partial charge is 0.263 e. The van der Waals surface area contributed by atoms with Crippen LogP contribution in [0.5, 0.6) is 0 Å². The fourth-order valence-corrected chi connectivity index (χ4v) is 2.66. The van der Waals surface area contributed by atoms with E-state index in [-0.39, 0.29) is 10.5 Å². The fraction of sp³-hybridized carbons (Fsp3) is 0.0769. The molecule has 0 fully saturated rings. The van der Waals surface area contributed by atoms with Gasteiger partial charge in [0.1, 0.15) is 4.90 Å². The number of nitrogens with zero attached hydrogens (tertiary/aromatic N) is 1. The first kappa shape index (κ1) is 13.8. The third-order valence-electron chi connectivity index (χ3n) is 2.68. The number of aromatic nitrogens is 1. The van der Waals surface area contributed by atoms with Crippen LogP contribution in [0.3, 0.4) is 0 Å². The van der Waals surface area contributed by atoms with E-state index < -0.39 is 10.0 Å². The highest BCUT2D eigenvalue weighted by Crippen LogP contribution is 2.20. The van der Waals surface area contributed by atoms with E-state index >= 15 is 0 Å². The number of nitriles is 1. The van der Waals surface area contributed by atoms with E-state index in [4.69, 9.17) is 5.26 Å². The maximum Gasteiger partial charge on any atom is 0.263 e. The van der Waals surface area contributed by atoms with Gasteiger partial charge in [-0.15, -0.1) is 0 Å². The molecule has 1 aromatic heterocycles. The lowest BCUT2D eigenvalue weighted by molar-refractivity contribution is 0.600. The minimum absolute atomic E-state index is 0.0566. The Labute approximate surface area is 115 Å². The Morgan fingerprint density at radius 2 is 2.00 bits per heavy atom. The highest BCUT2D eigenvalue weighted by Gasteiger charge is 2.15. The van der Waals surface area contributed by atoms with Crippen LogP contribution < -0.4 is 10.3 Å². The van der Waals surface area contributed by atoms with Crippen molar-refractivity contribution in [1.82, 2.24) is 4.98 Å². The molecule has 0 radical (unpaired) electrons. The largest absolute Gasteiger partial charge is 0.328 e. The molecule has 0 saturated heterocycles. The third-order valence-corrected chi connectivity index (χ3v) is 4.04. The number of hydrogen-bond donors (Lipinski definition) is 2. The predicted molar refractivity (Wildman–Crippen MR) is 73.8 cm³/mol. The summed E-state index contributed by atoms with van der Waals surface area (Å²) in [5.41, 5.74) is 0.994. The third kappa shape index (κ3) is 2.87. The molecule has 0 saturated carbocycles. The zero-order chi connectivity index (χ0) is 14.8. The summed E-state index contributed by atoms with van der Waals surface area (Å²) in [5, 5.41) is 8.83. The van der Waals surface area contributed by atoms with Gasteiger partial charge in [-0.3, -0.25) is 9.52 Å². The maximum absolute atomic E-state index is 12.1. The summed E-state index contributed by atoms with van der Waals surface area (Å²) in [6.45, 7) is 1.73.